The van der Waals surface area contributed by atoms with Gasteiger partial charge in [-0.05, 0) is 24.2 Å². The maximum atomic E-state index is 10.5. The first-order valence-electron chi connectivity index (χ1n) is 11.1. The number of hydrogen-bond donors (Lipinski definition) is 7. The van der Waals surface area contributed by atoms with Crippen LogP contribution >= 0.6 is 0 Å². The van der Waals surface area contributed by atoms with Crippen LogP contribution in [0.3, 0.4) is 0 Å². The Kier molecular flexibility index (Phi) is 6.44. The van der Waals surface area contributed by atoms with Crippen LogP contribution in [-0.4, -0.2) is 116 Å². The first kappa shape index (κ1) is 24.7. The van der Waals surface area contributed by atoms with Crippen molar-refractivity contribution in [2.75, 3.05) is 19.8 Å². The van der Waals surface area contributed by atoms with Gasteiger partial charge in [0, 0.05) is 5.41 Å². The lowest BCUT2D eigenvalue weighted by molar-refractivity contribution is -0.326. The zero-order valence-corrected chi connectivity index (χ0v) is 18.6. The van der Waals surface area contributed by atoms with E-state index in [9.17, 15) is 35.7 Å². The van der Waals surface area contributed by atoms with Crippen molar-refractivity contribution in [3.8, 4) is 0 Å². The Bertz CT molecular complexity index is 691. The summed E-state index contributed by atoms with van der Waals surface area (Å²) in [4.78, 5) is 0. The molecule has 32 heavy (non-hydrogen) atoms. The number of rotatable bonds is 6. The van der Waals surface area contributed by atoms with Crippen LogP contribution in [0, 0.1) is 16.7 Å². The van der Waals surface area contributed by atoms with Crippen molar-refractivity contribution in [2.24, 2.45) is 16.7 Å². The third-order valence-corrected chi connectivity index (χ3v) is 8.65. The predicted molar refractivity (Wildman–Crippen MR) is 106 cm³/mol. The number of aliphatic hydroxyl groups is 7. The molecule has 12 atom stereocenters. The van der Waals surface area contributed by atoms with Crippen LogP contribution in [0.1, 0.15) is 33.6 Å². The number of fused-ring (bicyclic) bond motifs is 2. The molecule has 186 valence electrons. The van der Waals surface area contributed by atoms with E-state index in [1.54, 1.807) is 0 Å². The lowest BCUT2D eigenvalue weighted by Gasteiger charge is -2.45. The van der Waals surface area contributed by atoms with Gasteiger partial charge in [0.05, 0.1) is 32.0 Å². The zero-order chi connectivity index (χ0) is 23.6. The van der Waals surface area contributed by atoms with Gasteiger partial charge in [0.15, 0.2) is 12.6 Å². The summed E-state index contributed by atoms with van der Waals surface area (Å²) < 4.78 is 22.5. The lowest BCUT2D eigenvalue weighted by Crippen LogP contribution is -2.60. The summed E-state index contributed by atoms with van der Waals surface area (Å²) in [6.45, 7) is 4.83. The van der Waals surface area contributed by atoms with Crippen LogP contribution < -0.4 is 0 Å². The van der Waals surface area contributed by atoms with Crippen molar-refractivity contribution in [1.82, 2.24) is 0 Å². The SMILES string of the molecule is CC1(C)[C@H]2C[C@@H](O[C@H]3O[C@@H](CO[C@H]4OC[C@@](O)(CO)[C@H]4O)[C@@H](O)[C@@H](O)[C@H]3O)[C@]1(C)C[C@@H]2O. The molecule has 2 aliphatic heterocycles. The van der Waals surface area contributed by atoms with E-state index >= 15 is 0 Å². The molecule has 2 bridgehead atoms. The summed E-state index contributed by atoms with van der Waals surface area (Å²) >= 11 is 0. The van der Waals surface area contributed by atoms with Crippen molar-refractivity contribution in [3.63, 3.8) is 0 Å². The molecular formula is C21H36O11. The fourth-order valence-corrected chi connectivity index (χ4v) is 5.89. The largest absolute Gasteiger partial charge is 0.393 e. The lowest BCUT2D eigenvalue weighted by atomic mass is 9.70. The molecule has 2 heterocycles. The van der Waals surface area contributed by atoms with Gasteiger partial charge in [0.2, 0.25) is 0 Å². The summed E-state index contributed by atoms with van der Waals surface area (Å²) in [6.07, 6.45) is -9.28. The van der Waals surface area contributed by atoms with Gasteiger partial charge in [-0.3, -0.25) is 0 Å². The smallest absolute Gasteiger partial charge is 0.186 e. The van der Waals surface area contributed by atoms with Gasteiger partial charge in [-0.2, -0.15) is 0 Å². The zero-order valence-electron chi connectivity index (χ0n) is 18.6. The minimum atomic E-state index is -1.85. The highest BCUT2D eigenvalue weighted by molar-refractivity contribution is 5.14. The molecule has 0 radical (unpaired) electrons. The van der Waals surface area contributed by atoms with Crippen LogP contribution in [0.15, 0.2) is 0 Å². The van der Waals surface area contributed by atoms with Gasteiger partial charge in [-0.1, -0.05) is 20.8 Å². The second-order valence-corrected chi connectivity index (χ2v) is 10.6. The fraction of sp³-hybridized carbons (Fsp3) is 1.00. The highest BCUT2D eigenvalue weighted by atomic mass is 16.7. The molecule has 7 N–H and O–H groups in total. The van der Waals surface area contributed by atoms with Crippen molar-refractivity contribution < 1.29 is 54.7 Å². The second-order valence-electron chi connectivity index (χ2n) is 10.6. The van der Waals surface area contributed by atoms with Gasteiger partial charge in [-0.25, -0.2) is 0 Å². The van der Waals surface area contributed by atoms with Crippen LogP contribution in [0.5, 0.6) is 0 Å². The highest BCUT2D eigenvalue weighted by Gasteiger charge is 2.66. The third kappa shape index (κ3) is 3.62. The molecule has 2 saturated heterocycles. The van der Waals surface area contributed by atoms with E-state index in [-0.39, 0.29) is 36.1 Å². The number of ether oxygens (including phenoxy) is 4. The molecule has 0 aromatic rings. The van der Waals surface area contributed by atoms with Crippen molar-refractivity contribution >= 4 is 0 Å². The summed E-state index contributed by atoms with van der Waals surface area (Å²) in [5.41, 5.74) is -2.40. The molecule has 4 aliphatic rings. The van der Waals surface area contributed by atoms with Gasteiger partial charge < -0.3 is 54.7 Å². The Morgan fingerprint density at radius 1 is 0.969 bits per heavy atom. The van der Waals surface area contributed by atoms with Gasteiger partial charge in [0.25, 0.3) is 0 Å². The topological polar surface area (TPSA) is 179 Å². The van der Waals surface area contributed by atoms with Crippen LogP contribution in [0.4, 0.5) is 0 Å². The first-order valence-corrected chi connectivity index (χ1v) is 11.1. The van der Waals surface area contributed by atoms with E-state index in [2.05, 4.69) is 13.8 Å². The molecule has 2 aliphatic carbocycles. The van der Waals surface area contributed by atoms with E-state index in [1.807, 2.05) is 6.92 Å². The minimum Gasteiger partial charge on any atom is -0.393 e. The summed E-state index contributed by atoms with van der Waals surface area (Å²) in [6, 6.07) is 0. The molecule has 11 nitrogen and oxygen atoms in total. The quantitative estimate of drug-likeness (QED) is 0.220. The van der Waals surface area contributed by atoms with E-state index in [0.29, 0.717) is 12.8 Å². The van der Waals surface area contributed by atoms with E-state index in [1.165, 1.54) is 0 Å². The standard InChI is InChI=1S/C21H36O11/c1-19(2)9-4-12(20(19,3)5-10(9)23)32-17-15(26)14(25)13(24)11(31-17)6-29-18-16(27)21(28,7-22)8-30-18/h9-18,22-28H,4-8H2,1-3H3/t9-,10-,11-,12+,13+,14+,15+,16-,17+,18-,20-,21-/m0/s1. The van der Waals surface area contributed by atoms with E-state index in [0.717, 1.165) is 0 Å². The monoisotopic (exact) mass is 464 g/mol. The Hall–Kier alpha value is -0.440. The average molecular weight is 465 g/mol. The normalized spacial score (nSPS) is 54.9. The molecule has 0 spiro atoms. The maximum Gasteiger partial charge on any atom is 0.186 e. The maximum absolute atomic E-state index is 10.5. The minimum absolute atomic E-state index is 0.0409. The molecular weight excluding hydrogens is 428 g/mol. The van der Waals surface area contributed by atoms with E-state index in [4.69, 9.17) is 18.9 Å². The molecule has 11 heteroatoms. The Labute approximate surface area is 186 Å². The Morgan fingerprint density at radius 2 is 1.66 bits per heavy atom. The van der Waals surface area contributed by atoms with E-state index < -0.39 is 61.4 Å². The molecule has 0 aromatic heterocycles. The molecule has 0 unspecified atom stereocenters. The van der Waals surface area contributed by atoms with Crippen LogP contribution in [0.25, 0.3) is 0 Å². The molecule has 2 saturated carbocycles. The highest BCUT2D eigenvalue weighted by Crippen LogP contribution is 2.66. The first-order chi connectivity index (χ1) is 14.9. The Balaban J connectivity index is 1.40. The van der Waals surface area contributed by atoms with Crippen LogP contribution in [0.2, 0.25) is 0 Å². The predicted octanol–water partition coefficient (Wildman–Crippen LogP) is -2.55. The summed E-state index contributed by atoms with van der Waals surface area (Å²) in [5, 5.41) is 70.9. The number of hydrogen-bond acceptors (Lipinski definition) is 11. The molecule has 0 amide bonds. The Morgan fingerprint density at radius 3 is 2.19 bits per heavy atom. The van der Waals surface area contributed by atoms with Crippen molar-refractivity contribution in [3.05, 3.63) is 0 Å². The molecule has 4 fully saturated rings. The van der Waals surface area contributed by atoms with Gasteiger partial charge in [0.1, 0.15) is 36.1 Å². The number of aliphatic hydroxyl groups excluding tert-OH is 6. The van der Waals surface area contributed by atoms with Gasteiger partial charge >= 0.3 is 0 Å². The molecule has 0 aromatic carbocycles. The van der Waals surface area contributed by atoms with Crippen LogP contribution in [-0.2, 0) is 18.9 Å². The summed E-state index contributed by atoms with van der Waals surface area (Å²) in [7, 11) is 0. The third-order valence-electron chi connectivity index (χ3n) is 8.65. The van der Waals surface area contributed by atoms with Crippen molar-refractivity contribution in [1.29, 1.82) is 0 Å². The molecule has 4 rings (SSSR count). The second kappa shape index (κ2) is 8.35. The van der Waals surface area contributed by atoms with Crippen molar-refractivity contribution in [2.45, 2.75) is 94.5 Å². The average Bonchev–Trinajstić information content (AvgIpc) is 3.20. The van der Waals surface area contributed by atoms with Gasteiger partial charge in [-0.15, -0.1) is 0 Å². The fourth-order valence-electron chi connectivity index (χ4n) is 5.89. The summed E-state index contributed by atoms with van der Waals surface area (Å²) in [5.74, 6) is 0.0409.